The maximum absolute atomic E-state index is 13.9. The number of rotatable bonds is 7. The number of amides is 1. The van der Waals surface area contributed by atoms with E-state index in [0.29, 0.717) is 24.4 Å². The molecule has 1 amide bonds. The first kappa shape index (κ1) is 25.7. The second-order valence-electron chi connectivity index (χ2n) is 11.2. The van der Waals surface area contributed by atoms with Crippen LogP contribution < -0.4 is 0 Å². The number of hydrogen-bond acceptors (Lipinski definition) is 5. The summed E-state index contributed by atoms with van der Waals surface area (Å²) in [5, 5.41) is 0. The molecule has 37 heavy (non-hydrogen) atoms. The molecular formula is C29H34N2O5S. The van der Waals surface area contributed by atoms with E-state index in [-0.39, 0.29) is 28.2 Å². The Kier molecular flexibility index (Phi) is 6.11. The van der Waals surface area contributed by atoms with Crippen molar-refractivity contribution in [3.05, 3.63) is 71.8 Å². The molecule has 2 aromatic rings. The molecule has 3 fully saturated rings. The van der Waals surface area contributed by atoms with Crippen LogP contribution in [0.1, 0.15) is 44.2 Å². The highest BCUT2D eigenvalue weighted by molar-refractivity contribution is 7.89. The van der Waals surface area contributed by atoms with E-state index in [1.165, 1.54) is 26.2 Å². The van der Waals surface area contributed by atoms with Gasteiger partial charge in [0, 0.05) is 32.1 Å². The van der Waals surface area contributed by atoms with Gasteiger partial charge >= 0.3 is 5.97 Å². The minimum absolute atomic E-state index is 0.0588. The molecule has 2 aromatic carbocycles. The molecule has 3 aliphatic rings. The Morgan fingerprint density at radius 2 is 1.84 bits per heavy atom. The van der Waals surface area contributed by atoms with Gasteiger partial charge in [0.15, 0.2) is 0 Å². The summed E-state index contributed by atoms with van der Waals surface area (Å²) >= 11 is 0. The van der Waals surface area contributed by atoms with Crippen molar-refractivity contribution in [2.45, 2.75) is 50.2 Å². The van der Waals surface area contributed by atoms with Crippen LogP contribution in [0.2, 0.25) is 0 Å². The molecule has 4 unspecified atom stereocenters. The molecule has 0 radical (unpaired) electrons. The minimum atomic E-state index is -3.61. The van der Waals surface area contributed by atoms with Gasteiger partial charge in [0.2, 0.25) is 15.9 Å². The van der Waals surface area contributed by atoms with Crippen LogP contribution in [-0.2, 0) is 31.0 Å². The molecule has 4 atom stereocenters. The topological polar surface area (TPSA) is 84.0 Å². The summed E-state index contributed by atoms with van der Waals surface area (Å²) < 4.78 is 32.1. The van der Waals surface area contributed by atoms with Crippen LogP contribution in [0.25, 0.3) is 6.08 Å². The Labute approximate surface area is 219 Å². The number of piperidine rings is 1. The number of ether oxygens (including phenoxy) is 1. The van der Waals surface area contributed by atoms with Gasteiger partial charge in [-0.3, -0.25) is 4.79 Å². The maximum Gasteiger partial charge on any atom is 0.333 e. The van der Waals surface area contributed by atoms with E-state index < -0.39 is 21.5 Å². The van der Waals surface area contributed by atoms with Crippen molar-refractivity contribution in [1.82, 2.24) is 9.21 Å². The fourth-order valence-electron chi connectivity index (χ4n) is 7.06. The second-order valence-corrected chi connectivity index (χ2v) is 13.4. The van der Waals surface area contributed by atoms with E-state index in [2.05, 4.69) is 13.8 Å². The lowest BCUT2D eigenvalue weighted by atomic mass is 9.65. The van der Waals surface area contributed by atoms with Gasteiger partial charge in [-0.25, -0.2) is 17.5 Å². The van der Waals surface area contributed by atoms with Crippen LogP contribution in [0.4, 0.5) is 0 Å². The van der Waals surface area contributed by atoms with Gasteiger partial charge in [0.25, 0.3) is 0 Å². The van der Waals surface area contributed by atoms with Gasteiger partial charge in [0.1, 0.15) is 12.1 Å². The number of nitrogens with zero attached hydrogens (tertiary/aromatic N) is 2. The molecule has 7 nitrogen and oxygen atoms in total. The predicted molar refractivity (Wildman–Crippen MR) is 141 cm³/mol. The highest BCUT2D eigenvalue weighted by atomic mass is 32.2. The fraction of sp³-hybridized carbons (Fsp3) is 0.448. The van der Waals surface area contributed by atoms with Gasteiger partial charge in [-0.1, -0.05) is 56.3 Å². The Hall–Kier alpha value is -2.97. The van der Waals surface area contributed by atoms with Crippen LogP contribution in [0.5, 0.6) is 0 Å². The van der Waals surface area contributed by atoms with E-state index in [9.17, 15) is 18.0 Å². The van der Waals surface area contributed by atoms with Crippen molar-refractivity contribution < 1.29 is 22.7 Å². The second kappa shape index (κ2) is 8.81. The van der Waals surface area contributed by atoms with E-state index in [4.69, 9.17) is 4.74 Å². The number of carbonyl (C=O) groups is 2. The van der Waals surface area contributed by atoms with Crippen molar-refractivity contribution in [2.24, 2.45) is 16.7 Å². The molecule has 2 aliphatic carbocycles. The quantitative estimate of drug-likeness (QED) is 0.404. The summed E-state index contributed by atoms with van der Waals surface area (Å²) in [5.41, 5.74) is -0.0569. The first-order chi connectivity index (χ1) is 17.5. The van der Waals surface area contributed by atoms with E-state index in [1.807, 2.05) is 30.3 Å². The lowest BCUT2D eigenvalue weighted by molar-refractivity contribution is -0.169. The molecule has 4 bridgehead atoms. The standard InChI is InChI=1S/C29H34N2O5S/c1-27-20-31(25(32)14-13-21-9-6-5-7-10-21)29(18-23(27)15-16-28(27,29)2)26(33)36-19-22-11-8-12-24(17-22)37(34,35)30(3)4/h5-14,17,23H,15-16,18-20H2,1-4H3/b14-13+. The minimum Gasteiger partial charge on any atom is -0.459 e. The average molecular weight is 523 g/mol. The molecule has 0 N–H and O–H groups in total. The third-order valence-electron chi connectivity index (χ3n) is 9.42. The molecular weight excluding hydrogens is 488 g/mol. The number of likely N-dealkylation sites (tertiary alicyclic amines) is 1. The zero-order valence-corrected chi connectivity index (χ0v) is 22.6. The first-order valence-corrected chi connectivity index (χ1v) is 14.1. The van der Waals surface area contributed by atoms with Gasteiger partial charge in [0.05, 0.1) is 4.90 Å². The van der Waals surface area contributed by atoms with E-state index in [0.717, 1.165) is 22.7 Å². The number of esters is 1. The SMILES string of the molecule is CN(C)S(=O)(=O)c1cccc(COC(=O)C23CC4CCC2(C)C4(C)CN3C(=O)/C=C/c2ccccc2)c1. The molecule has 196 valence electrons. The molecule has 1 saturated heterocycles. The van der Waals surface area contributed by atoms with Crippen LogP contribution in [0.3, 0.4) is 0 Å². The summed E-state index contributed by atoms with van der Waals surface area (Å²) in [7, 11) is -0.649. The monoisotopic (exact) mass is 522 g/mol. The van der Waals surface area contributed by atoms with Crippen LogP contribution in [0, 0.1) is 16.7 Å². The number of sulfonamides is 1. The molecule has 2 saturated carbocycles. The predicted octanol–water partition coefficient (Wildman–Crippen LogP) is 4.10. The zero-order chi connectivity index (χ0) is 26.6. The van der Waals surface area contributed by atoms with Crippen molar-refractivity contribution in [2.75, 3.05) is 20.6 Å². The van der Waals surface area contributed by atoms with E-state index in [1.54, 1.807) is 29.2 Å². The van der Waals surface area contributed by atoms with E-state index >= 15 is 0 Å². The summed E-state index contributed by atoms with van der Waals surface area (Å²) in [6.07, 6.45) is 5.85. The molecule has 0 spiro atoms. The zero-order valence-electron chi connectivity index (χ0n) is 21.8. The fourth-order valence-corrected chi connectivity index (χ4v) is 8.03. The lowest BCUT2D eigenvalue weighted by Crippen LogP contribution is -2.61. The van der Waals surface area contributed by atoms with Crippen molar-refractivity contribution in [3.63, 3.8) is 0 Å². The number of hydrogen-bond donors (Lipinski definition) is 0. The summed E-state index contributed by atoms with van der Waals surface area (Å²) in [4.78, 5) is 29.4. The Morgan fingerprint density at radius 3 is 2.51 bits per heavy atom. The average Bonchev–Trinajstić information content (AvgIpc) is 3.34. The van der Waals surface area contributed by atoms with Gasteiger partial charge in [-0.15, -0.1) is 0 Å². The normalized spacial score (nSPS) is 30.4. The van der Waals surface area contributed by atoms with Crippen LogP contribution in [0.15, 0.2) is 65.6 Å². The third kappa shape index (κ3) is 3.67. The number of benzene rings is 2. The van der Waals surface area contributed by atoms with Gasteiger partial charge in [-0.05, 0) is 59.9 Å². The maximum atomic E-state index is 13.9. The number of carbonyl (C=O) groups excluding carboxylic acids is 2. The van der Waals surface area contributed by atoms with Crippen molar-refractivity contribution >= 4 is 28.0 Å². The smallest absolute Gasteiger partial charge is 0.333 e. The van der Waals surface area contributed by atoms with Crippen molar-refractivity contribution in [3.8, 4) is 0 Å². The van der Waals surface area contributed by atoms with Crippen LogP contribution in [-0.4, -0.2) is 55.7 Å². The Morgan fingerprint density at radius 1 is 1.11 bits per heavy atom. The molecule has 5 rings (SSSR count). The highest BCUT2D eigenvalue weighted by Gasteiger charge is 2.81. The summed E-state index contributed by atoms with van der Waals surface area (Å²) in [6, 6.07) is 16.1. The summed E-state index contributed by atoms with van der Waals surface area (Å²) in [6.45, 7) is 4.82. The Bertz CT molecular complexity index is 1370. The molecule has 8 heteroatoms. The largest absolute Gasteiger partial charge is 0.459 e. The van der Waals surface area contributed by atoms with Gasteiger partial charge < -0.3 is 9.64 Å². The summed E-state index contributed by atoms with van der Waals surface area (Å²) in [5.74, 6) is -0.223. The first-order valence-electron chi connectivity index (χ1n) is 12.7. The van der Waals surface area contributed by atoms with Crippen molar-refractivity contribution in [1.29, 1.82) is 0 Å². The lowest BCUT2D eigenvalue weighted by Gasteiger charge is -2.45. The van der Waals surface area contributed by atoms with Gasteiger partial charge in [-0.2, -0.15) is 0 Å². The molecule has 0 aromatic heterocycles. The third-order valence-corrected chi connectivity index (χ3v) is 11.2. The van der Waals surface area contributed by atoms with Crippen LogP contribution >= 0.6 is 0 Å². The Balaban J connectivity index is 1.42. The highest BCUT2D eigenvalue weighted by Crippen LogP contribution is 2.76. The molecule has 1 heterocycles. The molecule has 1 aliphatic heterocycles.